The Morgan fingerprint density at radius 1 is 1.24 bits per heavy atom. The van der Waals surface area contributed by atoms with Crippen LogP contribution in [0.2, 0.25) is 0 Å². The third-order valence-corrected chi connectivity index (χ3v) is 9.12. The van der Waals surface area contributed by atoms with Gasteiger partial charge in [0.15, 0.2) is 0 Å². The Morgan fingerprint density at radius 2 is 2.03 bits per heavy atom. The van der Waals surface area contributed by atoms with Gasteiger partial charge in [0.05, 0.1) is 0 Å². The Balaban J connectivity index is 1.61. The fraction of sp³-hybridized carbons (Fsp3) is 0.760. The number of carbonyl (C=O) groups excluding carboxylic acids is 2. The Kier molecular flexibility index (Phi) is 5.41. The van der Waals surface area contributed by atoms with Gasteiger partial charge in [-0.3, -0.25) is 0 Å². The Labute approximate surface area is 175 Å². The number of fused-ring (bicyclic) bond motifs is 5. The third-order valence-electron chi connectivity index (χ3n) is 9.12. The largest absolute Gasteiger partial charge is 0.442 e. The predicted octanol–water partition coefficient (Wildman–Crippen LogP) is 5.58. The van der Waals surface area contributed by atoms with Crippen molar-refractivity contribution < 1.29 is 14.3 Å². The summed E-state index contributed by atoms with van der Waals surface area (Å²) < 4.78 is 6.12. The third kappa shape index (κ3) is 3.09. The summed E-state index contributed by atoms with van der Waals surface area (Å²) in [5.41, 5.74) is 1.06. The molecule has 4 aliphatic carbocycles. The average molecular weight is 400 g/mol. The van der Waals surface area contributed by atoms with Crippen molar-refractivity contribution in [3.8, 4) is 0 Å². The van der Waals surface area contributed by atoms with Crippen LogP contribution >= 0.6 is 0 Å². The van der Waals surface area contributed by atoms with Crippen LogP contribution < -0.4 is 5.32 Å². The number of aldehydes is 1. The molecule has 0 saturated heterocycles. The molecule has 0 aliphatic heterocycles. The zero-order valence-corrected chi connectivity index (χ0v) is 18.3. The summed E-state index contributed by atoms with van der Waals surface area (Å²) in [5.74, 6) is 1.83. The van der Waals surface area contributed by atoms with E-state index in [9.17, 15) is 9.59 Å². The van der Waals surface area contributed by atoms with Crippen LogP contribution in [0.25, 0.3) is 0 Å². The lowest BCUT2D eigenvalue weighted by molar-refractivity contribution is -0.137. The van der Waals surface area contributed by atoms with E-state index in [1.807, 2.05) is 6.92 Å². The Bertz CT molecular complexity index is 728. The highest BCUT2D eigenvalue weighted by Crippen LogP contribution is 2.68. The van der Waals surface area contributed by atoms with Crippen molar-refractivity contribution >= 4 is 12.4 Å². The number of hydrogen-bond donors (Lipinski definition) is 1. The molecule has 29 heavy (non-hydrogen) atoms. The molecule has 0 aromatic rings. The van der Waals surface area contributed by atoms with Crippen molar-refractivity contribution in [3.05, 3.63) is 23.8 Å². The van der Waals surface area contributed by atoms with E-state index in [-0.39, 0.29) is 16.9 Å². The summed E-state index contributed by atoms with van der Waals surface area (Å²) in [4.78, 5) is 24.2. The molecule has 3 saturated carbocycles. The SMILES string of the molecule is CCCNC(=O)O[C@]1(CC=O)CC[C@H]2[C@@H]3CCC4=CCC=C[C@]4(C)[C@H]3CC[C@@]21C. The minimum atomic E-state index is -0.651. The maximum Gasteiger partial charge on any atom is 0.407 e. The van der Waals surface area contributed by atoms with Crippen molar-refractivity contribution in [1.82, 2.24) is 5.32 Å². The van der Waals surface area contributed by atoms with Gasteiger partial charge < -0.3 is 14.8 Å². The number of hydrogen-bond acceptors (Lipinski definition) is 3. The molecule has 160 valence electrons. The quantitative estimate of drug-likeness (QED) is 0.485. The van der Waals surface area contributed by atoms with Crippen molar-refractivity contribution in [2.24, 2.45) is 28.6 Å². The van der Waals surface area contributed by atoms with Crippen LogP contribution in [0.4, 0.5) is 4.79 Å². The molecule has 4 aliphatic rings. The van der Waals surface area contributed by atoms with Gasteiger partial charge in [-0.2, -0.15) is 0 Å². The van der Waals surface area contributed by atoms with E-state index in [0.717, 1.165) is 44.8 Å². The lowest BCUT2D eigenvalue weighted by Crippen LogP contribution is -2.56. The molecule has 3 fully saturated rings. The van der Waals surface area contributed by atoms with Crippen LogP contribution in [0.3, 0.4) is 0 Å². The summed E-state index contributed by atoms with van der Waals surface area (Å²) >= 11 is 0. The van der Waals surface area contributed by atoms with Crippen LogP contribution in [0, 0.1) is 28.6 Å². The lowest BCUT2D eigenvalue weighted by atomic mass is 9.47. The summed E-state index contributed by atoms with van der Waals surface area (Å²) in [7, 11) is 0. The van der Waals surface area contributed by atoms with Crippen LogP contribution in [0.15, 0.2) is 23.8 Å². The minimum absolute atomic E-state index is 0.116. The molecule has 1 amide bonds. The molecule has 4 heteroatoms. The average Bonchev–Trinajstić information content (AvgIpc) is 2.98. The van der Waals surface area contributed by atoms with Gasteiger partial charge in [-0.25, -0.2) is 4.79 Å². The van der Waals surface area contributed by atoms with E-state index >= 15 is 0 Å². The highest BCUT2D eigenvalue weighted by Gasteiger charge is 2.65. The highest BCUT2D eigenvalue weighted by molar-refractivity contribution is 5.68. The topological polar surface area (TPSA) is 55.4 Å². The number of amides is 1. The van der Waals surface area contributed by atoms with E-state index in [1.165, 1.54) is 12.8 Å². The van der Waals surface area contributed by atoms with Gasteiger partial charge >= 0.3 is 6.09 Å². The Hall–Kier alpha value is -1.58. The molecule has 4 nitrogen and oxygen atoms in total. The van der Waals surface area contributed by atoms with Crippen molar-refractivity contribution in [1.29, 1.82) is 0 Å². The number of rotatable bonds is 5. The maximum atomic E-state index is 12.5. The molecule has 0 aromatic heterocycles. The molecule has 1 N–H and O–H groups in total. The molecule has 0 radical (unpaired) electrons. The van der Waals surface area contributed by atoms with Gasteiger partial charge in [-0.15, -0.1) is 0 Å². The number of nitrogens with one attached hydrogen (secondary N) is 1. The number of allylic oxidation sites excluding steroid dienone is 4. The van der Waals surface area contributed by atoms with E-state index in [1.54, 1.807) is 5.57 Å². The van der Waals surface area contributed by atoms with Gasteiger partial charge in [0.25, 0.3) is 0 Å². The zero-order valence-electron chi connectivity index (χ0n) is 18.3. The summed E-state index contributed by atoms with van der Waals surface area (Å²) in [6.07, 6.45) is 16.6. The second-order valence-electron chi connectivity index (χ2n) is 10.2. The van der Waals surface area contributed by atoms with Gasteiger partial charge in [0.2, 0.25) is 0 Å². The molecule has 0 heterocycles. The predicted molar refractivity (Wildman–Crippen MR) is 114 cm³/mol. The molecular formula is C25H37NO3. The van der Waals surface area contributed by atoms with E-state index in [2.05, 4.69) is 37.4 Å². The molecular weight excluding hydrogens is 362 g/mol. The maximum absolute atomic E-state index is 12.5. The fourth-order valence-corrected chi connectivity index (χ4v) is 7.55. The Morgan fingerprint density at radius 3 is 2.79 bits per heavy atom. The standard InChI is InChI=1S/C25H37NO3/c1-4-16-26-22(28)29-25(15-17-27)14-11-21-19-9-8-18-7-5-6-12-23(18,2)20(19)10-13-24(21,25)3/h6-7,12,17,19-21H,4-5,8-11,13-16H2,1-3H3,(H,26,28)/t19-,20+,21+,23+,24+,25+/m1/s1. The van der Waals surface area contributed by atoms with Gasteiger partial charge in [-0.1, -0.05) is 44.6 Å². The van der Waals surface area contributed by atoms with E-state index in [4.69, 9.17) is 4.74 Å². The molecule has 6 atom stereocenters. The smallest absolute Gasteiger partial charge is 0.407 e. The number of alkyl carbamates (subject to hydrolysis) is 1. The monoisotopic (exact) mass is 399 g/mol. The molecule has 0 spiro atoms. The van der Waals surface area contributed by atoms with Crippen molar-refractivity contribution in [3.63, 3.8) is 0 Å². The second-order valence-corrected chi connectivity index (χ2v) is 10.2. The summed E-state index contributed by atoms with van der Waals surface area (Å²) in [6, 6.07) is 0. The highest BCUT2D eigenvalue weighted by atomic mass is 16.6. The van der Waals surface area contributed by atoms with Crippen LogP contribution in [-0.4, -0.2) is 24.5 Å². The normalized spacial score (nSPS) is 42.9. The van der Waals surface area contributed by atoms with Gasteiger partial charge in [0, 0.05) is 23.8 Å². The van der Waals surface area contributed by atoms with Crippen molar-refractivity contribution in [2.75, 3.05) is 6.54 Å². The first kappa shape index (κ1) is 20.7. The fourth-order valence-electron chi connectivity index (χ4n) is 7.55. The summed E-state index contributed by atoms with van der Waals surface area (Å²) in [5, 5.41) is 2.86. The van der Waals surface area contributed by atoms with E-state index in [0.29, 0.717) is 30.7 Å². The van der Waals surface area contributed by atoms with Gasteiger partial charge in [0.1, 0.15) is 11.9 Å². The number of carbonyl (C=O) groups is 2. The first-order chi connectivity index (χ1) is 13.9. The number of ether oxygens (including phenoxy) is 1. The summed E-state index contributed by atoms with van der Waals surface area (Å²) in [6.45, 7) is 7.39. The van der Waals surface area contributed by atoms with Crippen molar-refractivity contribution in [2.45, 2.75) is 84.2 Å². The van der Waals surface area contributed by atoms with Crippen LogP contribution in [-0.2, 0) is 9.53 Å². The van der Waals surface area contributed by atoms with E-state index < -0.39 is 5.60 Å². The lowest BCUT2D eigenvalue weighted by Gasteiger charge is -2.58. The molecule has 0 aromatic carbocycles. The second kappa shape index (κ2) is 7.59. The molecule has 4 rings (SSSR count). The van der Waals surface area contributed by atoms with Gasteiger partial charge in [-0.05, 0) is 69.1 Å². The molecule has 0 unspecified atom stereocenters. The van der Waals surface area contributed by atoms with Crippen LogP contribution in [0.5, 0.6) is 0 Å². The minimum Gasteiger partial charge on any atom is -0.442 e. The first-order valence-corrected chi connectivity index (χ1v) is 11.7. The zero-order chi connectivity index (χ0) is 20.7. The molecule has 0 bridgehead atoms. The van der Waals surface area contributed by atoms with Crippen LogP contribution in [0.1, 0.15) is 78.6 Å². The first-order valence-electron chi connectivity index (χ1n) is 11.7.